The van der Waals surface area contributed by atoms with Crippen molar-refractivity contribution in [3.63, 3.8) is 0 Å². The van der Waals surface area contributed by atoms with Crippen molar-refractivity contribution >= 4 is 28.5 Å². The highest BCUT2D eigenvalue weighted by atomic mass is 127. The topological polar surface area (TPSA) is 46.9 Å². The summed E-state index contributed by atoms with van der Waals surface area (Å²) in [5, 5.41) is 2.84. The fourth-order valence-corrected chi connectivity index (χ4v) is 2.14. The quantitative estimate of drug-likeness (QED) is 0.868. The van der Waals surface area contributed by atoms with Crippen LogP contribution in [0.25, 0.3) is 0 Å². The Bertz CT molecular complexity index is 522. The Kier molecular flexibility index (Phi) is 3.78. The Balaban J connectivity index is 2.01. The Morgan fingerprint density at radius 1 is 1.41 bits per heavy atom. The van der Waals surface area contributed by atoms with Gasteiger partial charge in [-0.2, -0.15) is 0 Å². The van der Waals surface area contributed by atoms with E-state index >= 15 is 0 Å². The first-order valence-electron chi connectivity index (χ1n) is 5.18. The van der Waals surface area contributed by atoms with Crippen LogP contribution < -0.4 is 5.32 Å². The van der Waals surface area contributed by atoms with Gasteiger partial charge in [0.15, 0.2) is 5.82 Å². The molecule has 0 bridgehead atoms. The molecule has 0 fully saturated rings. The average molecular weight is 341 g/mol. The highest BCUT2D eigenvalue weighted by molar-refractivity contribution is 14.1. The van der Waals surface area contributed by atoms with E-state index in [9.17, 15) is 4.79 Å². The number of imidazole rings is 1. The molecule has 0 atom stereocenters. The maximum atomic E-state index is 11.9. The molecule has 0 unspecified atom stereocenters. The van der Waals surface area contributed by atoms with Gasteiger partial charge in [-0.1, -0.05) is 30.3 Å². The van der Waals surface area contributed by atoms with E-state index in [1.54, 1.807) is 4.57 Å². The SMILES string of the molecule is Cn1cc(I)nc1C(=O)NCc1ccccc1. The summed E-state index contributed by atoms with van der Waals surface area (Å²) in [5.41, 5.74) is 1.07. The van der Waals surface area contributed by atoms with Gasteiger partial charge in [-0.15, -0.1) is 0 Å². The molecule has 1 aromatic carbocycles. The normalized spacial score (nSPS) is 10.2. The molecule has 1 amide bonds. The highest BCUT2D eigenvalue weighted by Crippen LogP contribution is 2.04. The van der Waals surface area contributed by atoms with E-state index in [0.717, 1.165) is 9.26 Å². The number of amides is 1. The second-order valence-corrected chi connectivity index (χ2v) is 4.77. The van der Waals surface area contributed by atoms with Gasteiger partial charge < -0.3 is 9.88 Å². The van der Waals surface area contributed by atoms with Crippen molar-refractivity contribution < 1.29 is 4.79 Å². The lowest BCUT2D eigenvalue weighted by atomic mass is 10.2. The molecule has 5 heteroatoms. The fraction of sp³-hybridized carbons (Fsp3) is 0.167. The molecule has 0 aliphatic heterocycles. The van der Waals surface area contributed by atoms with Crippen LogP contribution in [0.15, 0.2) is 36.5 Å². The first kappa shape index (κ1) is 12.1. The molecule has 1 N–H and O–H groups in total. The van der Waals surface area contributed by atoms with Gasteiger partial charge in [0, 0.05) is 19.8 Å². The van der Waals surface area contributed by atoms with E-state index in [4.69, 9.17) is 0 Å². The van der Waals surface area contributed by atoms with Crippen LogP contribution in [0.3, 0.4) is 0 Å². The van der Waals surface area contributed by atoms with Gasteiger partial charge >= 0.3 is 0 Å². The lowest BCUT2D eigenvalue weighted by molar-refractivity contribution is 0.0937. The van der Waals surface area contributed by atoms with E-state index in [0.29, 0.717) is 12.4 Å². The predicted octanol–water partition coefficient (Wildman–Crippen LogP) is 1.95. The summed E-state index contributed by atoms with van der Waals surface area (Å²) in [7, 11) is 1.81. The maximum Gasteiger partial charge on any atom is 0.287 e. The minimum atomic E-state index is -0.153. The van der Waals surface area contributed by atoms with Crippen molar-refractivity contribution in [2.75, 3.05) is 0 Å². The molecule has 2 aromatic rings. The van der Waals surface area contributed by atoms with Gasteiger partial charge in [0.25, 0.3) is 5.91 Å². The van der Waals surface area contributed by atoms with Crippen LogP contribution in [0.5, 0.6) is 0 Å². The molecular formula is C12H12IN3O. The van der Waals surface area contributed by atoms with Crippen LogP contribution in [0.4, 0.5) is 0 Å². The number of nitrogens with one attached hydrogen (secondary N) is 1. The summed E-state index contributed by atoms with van der Waals surface area (Å²) in [6.07, 6.45) is 1.82. The number of aryl methyl sites for hydroxylation is 1. The van der Waals surface area contributed by atoms with E-state index < -0.39 is 0 Å². The first-order valence-corrected chi connectivity index (χ1v) is 6.25. The van der Waals surface area contributed by atoms with Gasteiger partial charge in [0.05, 0.1) is 0 Å². The number of carbonyl (C=O) groups excluding carboxylic acids is 1. The Labute approximate surface area is 113 Å². The second kappa shape index (κ2) is 5.31. The molecule has 1 aromatic heterocycles. The minimum Gasteiger partial charge on any atom is -0.345 e. The van der Waals surface area contributed by atoms with Crippen LogP contribution in [0, 0.1) is 3.70 Å². The number of hydrogen-bond donors (Lipinski definition) is 1. The third-order valence-corrected chi connectivity index (χ3v) is 2.87. The van der Waals surface area contributed by atoms with Crippen LogP contribution in [-0.4, -0.2) is 15.5 Å². The van der Waals surface area contributed by atoms with Crippen molar-refractivity contribution in [1.29, 1.82) is 0 Å². The number of hydrogen-bond acceptors (Lipinski definition) is 2. The number of nitrogens with zero attached hydrogens (tertiary/aromatic N) is 2. The monoisotopic (exact) mass is 341 g/mol. The van der Waals surface area contributed by atoms with Gasteiger partial charge in [-0.25, -0.2) is 4.98 Å². The maximum absolute atomic E-state index is 11.9. The molecule has 0 saturated heterocycles. The number of benzene rings is 1. The molecule has 2 rings (SSSR count). The number of carbonyl (C=O) groups is 1. The largest absolute Gasteiger partial charge is 0.345 e. The van der Waals surface area contributed by atoms with Crippen LogP contribution >= 0.6 is 22.6 Å². The van der Waals surface area contributed by atoms with Crippen molar-refractivity contribution in [3.8, 4) is 0 Å². The standard InChI is InChI=1S/C12H12IN3O/c1-16-8-10(13)15-11(16)12(17)14-7-9-5-3-2-4-6-9/h2-6,8H,7H2,1H3,(H,14,17). The zero-order chi connectivity index (χ0) is 12.3. The number of halogens is 1. The van der Waals surface area contributed by atoms with E-state index in [1.165, 1.54) is 0 Å². The van der Waals surface area contributed by atoms with Crippen LogP contribution in [0.1, 0.15) is 16.2 Å². The zero-order valence-corrected chi connectivity index (χ0v) is 11.5. The van der Waals surface area contributed by atoms with E-state index in [2.05, 4.69) is 32.9 Å². The number of aromatic nitrogens is 2. The third kappa shape index (κ3) is 3.06. The molecule has 0 radical (unpaired) electrons. The smallest absolute Gasteiger partial charge is 0.287 e. The third-order valence-electron chi connectivity index (χ3n) is 2.35. The van der Waals surface area contributed by atoms with Crippen LogP contribution in [-0.2, 0) is 13.6 Å². The summed E-state index contributed by atoms with van der Waals surface area (Å²) < 4.78 is 2.54. The zero-order valence-electron chi connectivity index (χ0n) is 9.35. The lowest BCUT2D eigenvalue weighted by Crippen LogP contribution is -2.25. The second-order valence-electron chi connectivity index (χ2n) is 3.67. The molecule has 17 heavy (non-hydrogen) atoms. The number of rotatable bonds is 3. The lowest BCUT2D eigenvalue weighted by Gasteiger charge is -2.04. The van der Waals surface area contributed by atoms with Crippen LogP contribution in [0.2, 0.25) is 0 Å². The summed E-state index contributed by atoms with van der Waals surface area (Å²) >= 11 is 2.09. The molecular weight excluding hydrogens is 329 g/mol. The molecule has 0 aliphatic rings. The van der Waals surface area contributed by atoms with Crippen molar-refractivity contribution in [3.05, 3.63) is 51.6 Å². The van der Waals surface area contributed by atoms with Crippen molar-refractivity contribution in [2.45, 2.75) is 6.54 Å². The molecule has 0 spiro atoms. The van der Waals surface area contributed by atoms with Crippen molar-refractivity contribution in [2.24, 2.45) is 7.05 Å². The van der Waals surface area contributed by atoms with Gasteiger partial charge in [-0.3, -0.25) is 4.79 Å². The van der Waals surface area contributed by atoms with Gasteiger partial charge in [0.2, 0.25) is 0 Å². The predicted molar refractivity (Wildman–Crippen MR) is 73.5 cm³/mol. The summed E-state index contributed by atoms with van der Waals surface area (Å²) in [4.78, 5) is 16.0. The average Bonchev–Trinajstić information content (AvgIpc) is 2.67. The molecule has 0 aliphatic carbocycles. The highest BCUT2D eigenvalue weighted by Gasteiger charge is 2.12. The summed E-state index contributed by atoms with van der Waals surface area (Å²) in [6, 6.07) is 9.80. The first-order chi connectivity index (χ1) is 8.16. The Hall–Kier alpha value is -1.37. The van der Waals surface area contributed by atoms with E-state index in [1.807, 2.05) is 43.6 Å². The summed E-state index contributed by atoms with van der Waals surface area (Å²) in [5.74, 6) is 0.282. The van der Waals surface area contributed by atoms with Gasteiger partial charge in [0.1, 0.15) is 3.70 Å². The fourth-order valence-electron chi connectivity index (χ4n) is 1.50. The summed E-state index contributed by atoms with van der Waals surface area (Å²) in [6.45, 7) is 0.517. The minimum absolute atomic E-state index is 0.153. The Morgan fingerprint density at radius 2 is 2.12 bits per heavy atom. The van der Waals surface area contributed by atoms with E-state index in [-0.39, 0.29) is 5.91 Å². The molecule has 1 heterocycles. The van der Waals surface area contributed by atoms with Gasteiger partial charge in [-0.05, 0) is 28.2 Å². The molecule has 88 valence electrons. The van der Waals surface area contributed by atoms with Crippen molar-refractivity contribution in [1.82, 2.24) is 14.9 Å². The molecule has 4 nitrogen and oxygen atoms in total. The molecule has 0 saturated carbocycles. The Morgan fingerprint density at radius 3 is 2.71 bits per heavy atom.